The van der Waals surface area contributed by atoms with Crippen LogP contribution in [0, 0.1) is 18.3 Å². The van der Waals surface area contributed by atoms with E-state index in [1.54, 1.807) is 13.3 Å². The Morgan fingerprint density at radius 3 is 2.59 bits per heavy atom. The Kier molecular flexibility index (Phi) is 3.10. The van der Waals surface area contributed by atoms with Crippen molar-refractivity contribution < 1.29 is 4.74 Å². The van der Waals surface area contributed by atoms with Crippen molar-refractivity contribution in [2.75, 3.05) is 7.11 Å². The summed E-state index contributed by atoms with van der Waals surface area (Å²) in [6.07, 6.45) is 1.60. The van der Waals surface area contributed by atoms with Gasteiger partial charge in [0.2, 0.25) is 0 Å². The van der Waals surface area contributed by atoms with E-state index >= 15 is 0 Å². The molecule has 0 radical (unpaired) electrons. The molecule has 1 aromatic heterocycles. The van der Waals surface area contributed by atoms with Crippen LogP contribution in [0.2, 0.25) is 0 Å². The minimum Gasteiger partial charge on any atom is -0.497 e. The predicted octanol–water partition coefficient (Wildman–Crippen LogP) is 2.12. The number of aromatic nitrogens is 2. The molecule has 4 nitrogen and oxygen atoms in total. The third-order valence-electron chi connectivity index (χ3n) is 2.72. The molecule has 0 fully saturated rings. The first-order chi connectivity index (χ1) is 8.24. The van der Waals surface area contributed by atoms with Crippen molar-refractivity contribution >= 4 is 0 Å². The molecule has 0 bridgehead atoms. The van der Waals surface area contributed by atoms with Gasteiger partial charge in [-0.25, -0.2) is 0 Å². The summed E-state index contributed by atoms with van der Waals surface area (Å²) in [5.41, 5.74) is 2.64. The third kappa shape index (κ3) is 2.28. The fourth-order valence-electron chi connectivity index (χ4n) is 1.62. The highest BCUT2D eigenvalue weighted by molar-refractivity contribution is 5.31. The van der Waals surface area contributed by atoms with E-state index in [0.29, 0.717) is 12.1 Å². The smallest absolute Gasteiger partial charge is 0.118 e. The molecule has 2 aromatic rings. The second kappa shape index (κ2) is 4.71. The molecule has 0 atom stereocenters. The van der Waals surface area contributed by atoms with E-state index in [1.165, 1.54) is 0 Å². The Hall–Kier alpha value is -2.28. The van der Waals surface area contributed by atoms with Crippen molar-refractivity contribution in [3.05, 3.63) is 47.3 Å². The molecule has 0 spiro atoms. The van der Waals surface area contributed by atoms with Gasteiger partial charge in [-0.15, -0.1) is 0 Å². The first-order valence-electron chi connectivity index (χ1n) is 5.30. The van der Waals surface area contributed by atoms with Gasteiger partial charge in [-0.1, -0.05) is 12.1 Å². The molecule has 2 rings (SSSR count). The molecular weight excluding hydrogens is 214 g/mol. The minimum atomic E-state index is 0.624. The van der Waals surface area contributed by atoms with Crippen LogP contribution in [0.1, 0.15) is 16.8 Å². The zero-order valence-corrected chi connectivity index (χ0v) is 9.84. The molecule has 0 N–H and O–H groups in total. The van der Waals surface area contributed by atoms with Gasteiger partial charge in [-0.05, 0) is 24.6 Å². The zero-order chi connectivity index (χ0) is 12.3. The molecule has 0 saturated heterocycles. The molecule has 0 aliphatic rings. The summed E-state index contributed by atoms with van der Waals surface area (Å²) in [5, 5.41) is 13.0. The van der Waals surface area contributed by atoms with Gasteiger partial charge < -0.3 is 4.74 Å². The monoisotopic (exact) mass is 227 g/mol. The van der Waals surface area contributed by atoms with Gasteiger partial charge >= 0.3 is 0 Å². The summed E-state index contributed by atoms with van der Waals surface area (Å²) in [6, 6.07) is 9.93. The van der Waals surface area contributed by atoms with E-state index in [-0.39, 0.29) is 0 Å². The summed E-state index contributed by atoms with van der Waals surface area (Å²) in [6.45, 7) is 2.56. The highest BCUT2D eigenvalue weighted by atomic mass is 16.5. The summed E-state index contributed by atoms with van der Waals surface area (Å²) >= 11 is 0. The van der Waals surface area contributed by atoms with Crippen LogP contribution >= 0.6 is 0 Å². The van der Waals surface area contributed by atoms with E-state index in [4.69, 9.17) is 10.00 Å². The van der Waals surface area contributed by atoms with E-state index in [1.807, 2.05) is 35.9 Å². The Labute approximate surface area is 100 Å². The highest BCUT2D eigenvalue weighted by Gasteiger charge is 2.05. The van der Waals surface area contributed by atoms with Crippen molar-refractivity contribution in [3.63, 3.8) is 0 Å². The van der Waals surface area contributed by atoms with E-state index in [2.05, 4.69) is 11.2 Å². The Balaban J connectivity index is 2.20. The summed E-state index contributed by atoms with van der Waals surface area (Å²) in [4.78, 5) is 0. The van der Waals surface area contributed by atoms with Gasteiger partial charge in [0.25, 0.3) is 0 Å². The van der Waals surface area contributed by atoms with Crippen molar-refractivity contribution in [1.29, 1.82) is 5.26 Å². The normalized spacial score (nSPS) is 9.94. The maximum atomic E-state index is 8.85. The first kappa shape index (κ1) is 11.2. The minimum absolute atomic E-state index is 0.624. The maximum absolute atomic E-state index is 8.85. The lowest BCUT2D eigenvalue weighted by molar-refractivity contribution is 0.414. The van der Waals surface area contributed by atoms with Crippen LogP contribution in [0.3, 0.4) is 0 Å². The highest BCUT2D eigenvalue weighted by Crippen LogP contribution is 2.13. The van der Waals surface area contributed by atoms with Gasteiger partial charge in [-0.3, -0.25) is 4.68 Å². The third-order valence-corrected chi connectivity index (χ3v) is 2.72. The average molecular weight is 227 g/mol. The summed E-state index contributed by atoms with van der Waals surface area (Å²) < 4.78 is 6.92. The second-order valence-electron chi connectivity index (χ2n) is 3.76. The lowest BCUT2D eigenvalue weighted by Crippen LogP contribution is -2.03. The van der Waals surface area contributed by atoms with E-state index in [9.17, 15) is 0 Å². The number of methoxy groups -OCH3 is 1. The molecule has 1 heterocycles. The van der Waals surface area contributed by atoms with Gasteiger partial charge in [0.15, 0.2) is 0 Å². The average Bonchev–Trinajstić information content (AvgIpc) is 2.71. The quantitative estimate of drug-likeness (QED) is 0.807. The largest absolute Gasteiger partial charge is 0.497 e. The number of ether oxygens (including phenoxy) is 1. The van der Waals surface area contributed by atoms with Crippen molar-refractivity contribution in [1.82, 2.24) is 9.78 Å². The molecule has 0 saturated carbocycles. The molecule has 4 heteroatoms. The van der Waals surface area contributed by atoms with E-state index in [0.717, 1.165) is 17.0 Å². The molecule has 0 amide bonds. The van der Waals surface area contributed by atoms with Crippen LogP contribution in [0.25, 0.3) is 0 Å². The maximum Gasteiger partial charge on any atom is 0.118 e. The Morgan fingerprint density at radius 1 is 1.35 bits per heavy atom. The lowest BCUT2D eigenvalue weighted by Gasteiger charge is -2.05. The van der Waals surface area contributed by atoms with Crippen molar-refractivity contribution in [3.8, 4) is 11.8 Å². The topological polar surface area (TPSA) is 50.8 Å². The molecule has 17 heavy (non-hydrogen) atoms. The molecule has 0 aliphatic carbocycles. The van der Waals surface area contributed by atoms with Gasteiger partial charge in [0, 0.05) is 0 Å². The van der Waals surface area contributed by atoms with Gasteiger partial charge in [0.1, 0.15) is 11.8 Å². The second-order valence-corrected chi connectivity index (χ2v) is 3.76. The molecular formula is C13H13N3O. The van der Waals surface area contributed by atoms with Crippen LogP contribution in [-0.4, -0.2) is 16.9 Å². The van der Waals surface area contributed by atoms with E-state index < -0.39 is 0 Å². The SMILES string of the molecule is COc1ccc(Cn2ncc(C#N)c2C)cc1. The predicted molar refractivity (Wildman–Crippen MR) is 63.8 cm³/mol. The van der Waals surface area contributed by atoms with Crippen LogP contribution < -0.4 is 4.74 Å². The fraction of sp³-hybridized carbons (Fsp3) is 0.231. The van der Waals surface area contributed by atoms with Gasteiger partial charge in [-0.2, -0.15) is 10.4 Å². The fourth-order valence-corrected chi connectivity index (χ4v) is 1.62. The molecule has 0 unspecified atom stereocenters. The Bertz CT molecular complexity index is 549. The number of nitrogens with zero attached hydrogens (tertiary/aromatic N) is 3. The number of hydrogen-bond acceptors (Lipinski definition) is 3. The van der Waals surface area contributed by atoms with Crippen LogP contribution in [0.15, 0.2) is 30.5 Å². The summed E-state index contributed by atoms with van der Waals surface area (Å²) in [7, 11) is 1.64. The van der Waals surface area contributed by atoms with Crippen molar-refractivity contribution in [2.24, 2.45) is 0 Å². The molecule has 1 aromatic carbocycles. The summed E-state index contributed by atoms with van der Waals surface area (Å²) in [5.74, 6) is 0.837. The number of benzene rings is 1. The molecule has 0 aliphatic heterocycles. The number of rotatable bonds is 3. The lowest BCUT2D eigenvalue weighted by atomic mass is 10.2. The number of nitriles is 1. The van der Waals surface area contributed by atoms with Crippen LogP contribution in [0.5, 0.6) is 5.75 Å². The zero-order valence-electron chi connectivity index (χ0n) is 9.84. The standard InChI is InChI=1S/C13H13N3O/c1-10-12(7-14)8-15-16(10)9-11-3-5-13(17-2)6-4-11/h3-6,8H,9H2,1-2H3. The molecule has 86 valence electrons. The Morgan fingerprint density at radius 2 is 2.06 bits per heavy atom. The van der Waals surface area contributed by atoms with Crippen LogP contribution in [0.4, 0.5) is 0 Å². The first-order valence-corrected chi connectivity index (χ1v) is 5.30. The van der Waals surface area contributed by atoms with Crippen LogP contribution in [-0.2, 0) is 6.54 Å². The van der Waals surface area contributed by atoms with Gasteiger partial charge in [0.05, 0.1) is 31.1 Å². The van der Waals surface area contributed by atoms with Crippen molar-refractivity contribution in [2.45, 2.75) is 13.5 Å². The number of hydrogen-bond donors (Lipinski definition) is 0.